The number of carbonyl (C=O) groups is 3. The van der Waals surface area contributed by atoms with Crippen LogP contribution in [0.1, 0.15) is 66.7 Å². The Balaban J connectivity index is 1.80. The monoisotopic (exact) mass is 476 g/mol. The maximum atomic E-state index is 12.6. The molecule has 4 saturated carbocycles. The Bertz CT molecular complexity index is 956. The van der Waals surface area contributed by atoms with Crippen molar-refractivity contribution in [3.8, 4) is 0 Å². The quantitative estimate of drug-likeness (QED) is 0.376. The molecule has 6 fully saturated rings. The van der Waals surface area contributed by atoms with Gasteiger partial charge in [-0.1, -0.05) is 26.8 Å². The second kappa shape index (κ2) is 7.29. The third-order valence-corrected chi connectivity index (χ3v) is 9.78. The number of hydrogen-bond donors (Lipinski definition) is 1. The molecule has 0 aromatic heterocycles. The van der Waals surface area contributed by atoms with Gasteiger partial charge in [0.05, 0.1) is 6.61 Å². The molecule has 2 saturated heterocycles. The van der Waals surface area contributed by atoms with Crippen LogP contribution in [0.2, 0.25) is 0 Å². The minimum absolute atomic E-state index is 0.159. The number of esters is 3. The third-order valence-electron chi connectivity index (χ3n) is 9.78. The molecule has 0 aromatic carbocycles. The lowest BCUT2D eigenvalue weighted by molar-refractivity contribution is -0.467. The van der Waals surface area contributed by atoms with E-state index in [4.69, 9.17) is 18.9 Å². The maximum Gasteiger partial charge on any atom is 0.303 e. The highest BCUT2D eigenvalue weighted by atomic mass is 16.7. The van der Waals surface area contributed by atoms with Crippen molar-refractivity contribution in [1.29, 1.82) is 0 Å². The Morgan fingerprint density at radius 1 is 0.971 bits per heavy atom. The molecule has 9 atom stereocenters. The van der Waals surface area contributed by atoms with E-state index < -0.39 is 52.8 Å². The largest absolute Gasteiger partial charge is 0.461 e. The van der Waals surface area contributed by atoms with E-state index in [-0.39, 0.29) is 23.2 Å². The standard InChI is InChI=1S/C26H36O8/c1-13-17-8-9-18-24-11-7-10-23(5,6)19(24)22(34-16(4)29)26(30,31-12-24)25(18,20(13)32-14(2)27)21(17)33-15(3)28/h17-22,30H,1,7-12H2,2-6H3/t17-,18-,19+,20+,21+,22-,24+,25-,26+/m1/s1. The normalized spacial score (nSPS) is 47.9. The molecule has 6 aliphatic rings. The van der Waals surface area contributed by atoms with Crippen molar-refractivity contribution in [2.24, 2.45) is 34.0 Å². The average Bonchev–Trinajstić information content (AvgIpc) is 2.83. The van der Waals surface area contributed by atoms with Gasteiger partial charge in [-0.25, -0.2) is 0 Å². The second-order valence-electron chi connectivity index (χ2n) is 11.8. The van der Waals surface area contributed by atoms with Crippen LogP contribution >= 0.6 is 0 Å². The number of aliphatic hydroxyl groups is 1. The van der Waals surface area contributed by atoms with Crippen LogP contribution in [-0.2, 0) is 33.3 Å². The van der Waals surface area contributed by atoms with Gasteiger partial charge >= 0.3 is 17.9 Å². The Kier molecular flexibility index (Phi) is 5.10. The van der Waals surface area contributed by atoms with Gasteiger partial charge in [-0.05, 0) is 42.6 Å². The van der Waals surface area contributed by atoms with E-state index in [1.807, 2.05) is 0 Å². The van der Waals surface area contributed by atoms with Crippen LogP contribution in [0.15, 0.2) is 12.2 Å². The third kappa shape index (κ3) is 2.70. The summed E-state index contributed by atoms with van der Waals surface area (Å²) in [5.41, 5.74) is -1.35. The lowest BCUT2D eigenvalue weighted by Crippen LogP contribution is -2.85. The Labute approximate surface area is 200 Å². The molecule has 1 N–H and O–H groups in total. The van der Waals surface area contributed by atoms with E-state index in [2.05, 4.69) is 20.4 Å². The molecule has 0 amide bonds. The number of carbonyl (C=O) groups excluding carboxylic acids is 3. The number of hydrogen-bond acceptors (Lipinski definition) is 8. The highest BCUT2D eigenvalue weighted by Crippen LogP contribution is 2.78. The number of rotatable bonds is 3. The molecule has 8 heteroatoms. The van der Waals surface area contributed by atoms with Crippen molar-refractivity contribution in [3.63, 3.8) is 0 Å². The summed E-state index contributed by atoms with van der Waals surface area (Å²) in [7, 11) is 0. The zero-order valence-electron chi connectivity index (χ0n) is 20.7. The van der Waals surface area contributed by atoms with Crippen LogP contribution < -0.4 is 0 Å². The zero-order chi connectivity index (χ0) is 24.8. The van der Waals surface area contributed by atoms with Crippen molar-refractivity contribution < 1.29 is 38.4 Å². The summed E-state index contributed by atoms with van der Waals surface area (Å²) in [6.45, 7) is 12.9. The molecule has 0 unspecified atom stereocenters. The first kappa shape index (κ1) is 23.8. The van der Waals surface area contributed by atoms with Gasteiger partial charge in [0.2, 0.25) is 5.79 Å². The SMILES string of the molecule is C=C1[C@H]2CC[C@@H]3[C@@]45CCCC(C)(C)[C@@H]4[C@@H](OC(C)=O)[C@](O)(OC5)[C@]3([C@H]1OC(C)=O)[C@H]2OC(C)=O. The van der Waals surface area contributed by atoms with Crippen LogP contribution in [0.5, 0.6) is 0 Å². The molecule has 2 heterocycles. The van der Waals surface area contributed by atoms with Gasteiger partial charge in [-0.2, -0.15) is 0 Å². The van der Waals surface area contributed by atoms with E-state index >= 15 is 0 Å². The summed E-state index contributed by atoms with van der Waals surface area (Å²) in [6.07, 6.45) is 1.48. The van der Waals surface area contributed by atoms with Gasteiger partial charge in [-0.15, -0.1) is 0 Å². The van der Waals surface area contributed by atoms with Gasteiger partial charge in [0.1, 0.15) is 17.6 Å². The molecule has 4 bridgehead atoms. The van der Waals surface area contributed by atoms with Crippen molar-refractivity contribution in [3.05, 3.63) is 12.2 Å². The van der Waals surface area contributed by atoms with Crippen molar-refractivity contribution in [2.75, 3.05) is 6.61 Å². The van der Waals surface area contributed by atoms with Crippen molar-refractivity contribution in [2.45, 2.75) is 90.8 Å². The first-order valence-corrected chi connectivity index (χ1v) is 12.4. The predicted octanol–water partition coefficient (Wildman–Crippen LogP) is 2.91. The van der Waals surface area contributed by atoms with E-state index in [1.165, 1.54) is 20.8 Å². The maximum absolute atomic E-state index is 12.6. The van der Waals surface area contributed by atoms with Crippen molar-refractivity contribution >= 4 is 17.9 Å². The first-order valence-electron chi connectivity index (χ1n) is 12.4. The summed E-state index contributed by atoms with van der Waals surface area (Å²) in [5, 5.41) is 12.6. The molecular weight excluding hydrogens is 440 g/mol. The van der Waals surface area contributed by atoms with E-state index in [1.54, 1.807) is 0 Å². The van der Waals surface area contributed by atoms with Crippen LogP contribution in [0, 0.1) is 34.0 Å². The first-order chi connectivity index (χ1) is 15.8. The molecule has 4 aliphatic carbocycles. The average molecular weight is 477 g/mol. The lowest BCUT2D eigenvalue weighted by atomic mass is 9.36. The van der Waals surface area contributed by atoms with Gasteiger partial charge in [-0.3, -0.25) is 14.4 Å². The van der Waals surface area contributed by atoms with Crippen molar-refractivity contribution in [1.82, 2.24) is 0 Å². The van der Waals surface area contributed by atoms with Gasteiger partial charge < -0.3 is 24.1 Å². The van der Waals surface area contributed by atoms with Crippen LogP contribution in [-0.4, -0.2) is 53.7 Å². The molecule has 188 valence electrons. The van der Waals surface area contributed by atoms with Gasteiger partial charge in [0.15, 0.2) is 6.10 Å². The van der Waals surface area contributed by atoms with Crippen LogP contribution in [0.3, 0.4) is 0 Å². The Morgan fingerprint density at radius 3 is 2.21 bits per heavy atom. The number of ether oxygens (including phenoxy) is 4. The summed E-state index contributed by atoms with van der Waals surface area (Å²) < 4.78 is 24.1. The summed E-state index contributed by atoms with van der Waals surface area (Å²) in [4.78, 5) is 37.0. The molecule has 34 heavy (non-hydrogen) atoms. The molecule has 2 spiro atoms. The fourth-order valence-electron chi connectivity index (χ4n) is 9.16. The fraction of sp³-hybridized carbons (Fsp3) is 0.808. The Hall–Kier alpha value is -1.93. The molecular formula is C26H36O8. The molecule has 6 rings (SSSR count). The topological polar surface area (TPSA) is 108 Å². The fourth-order valence-corrected chi connectivity index (χ4v) is 9.16. The summed E-state index contributed by atoms with van der Waals surface area (Å²) in [5.74, 6) is -4.15. The van der Waals surface area contributed by atoms with Gasteiger partial charge in [0, 0.05) is 38.0 Å². The van der Waals surface area contributed by atoms with E-state index in [0.29, 0.717) is 18.6 Å². The number of fused-ring (bicyclic) bond motifs is 2. The second-order valence-corrected chi connectivity index (χ2v) is 11.8. The summed E-state index contributed by atoms with van der Waals surface area (Å²) in [6, 6.07) is 0. The highest BCUT2D eigenvalue weighted by Gasteiger charge is 2.87. The molecule has 2 aliphatic heterocycles. The Morgan fingerprint density at radius 2 is 1.59 bits per heavy atom. The van der Waals surface area contributed by atoms with E-state index in [9.17, 15) is 19.5 Å². The van der Waals surface area contributed by atoms with E-state index in [0.717, 1.165) is 25.7 Å². The minimum atomic E-state index is -2.01. The molecule has 0 radical (unpaired) electrons. The summed E-state index contributed by atoms with van der Waals surface area (Å²) >= 11 is 0. The molecule has 0 aromatic rings. The minimum Gasteiger partial charge on any atom is -0.461 e. The van der Waals surface area contributed by atoms with Crippen LogP contribution in [0.25, 0.3) is 0 Å². The predicted molar refractivity (Wildman–Crippen MR) is 119 cm³/mol. The van der Waals surface area contributed by atoms with Gasteiger partial charge in [0.25, 0.3) is 0 Å². The smallest absolute Gasteiger partial charge is 0.303 e. The lowest BCUT2D eigenvalue weighted by Gasteiger charge is -2.75. The zero-order valence-corrected chi connectivity index (χ0v) is 20.7. The van der Waals surface area contributed by atoms with Crippen LogP contribution in [0.4, 0.5) is 0 Å². The molecule has 8 nitrogen and oxygen atoms in total. The highest BCUT2D eigenvalue weighted by molar-refractivity contribution is 5.69.